The zero-order valence-corrected chi connectivity index (χ0v) is 14.5. The third-order valence-electron chi connectivity index (χ3n) is 4.22. The van der Waals surface area contributed by atoms with Crippen LogP contribution in [0.25, 0.3) is 16.9 Å². The lowest BCUT2D eigenvalue weighted by atomic mass is 10.1. The number of aromatic nitrogens is 4. The standard InChI is InChI=1S/C20H18N6O/c21-18-17(16-8-4-5-10-22-16)19-24-12-15(13-26(19)25-18)20(27)23-11-9-14-6-2-1-3-7-14/h1-8,10,12-13H,9,11H2,(H2,21,25)(H,23,27). The molecule has 7 nitrogen and oxygen atoms in total. The first kappa shape index (κ1) is 16.7. The topological polar surface area (TPSA) is 98.2 Å². The molecule has 0 aliphatic carbocycles. The number of hydrogen-bond acceptors (Lipinski definition) is 5. The largest absolute Gasteiger partial charge is 0.382 e. The summed E-state index contributed by atoms with van der Waals surface area (Å²) in [4.78, 5) is 21.1. The summed E-state index contributed by atoms with van der Waals surface area (Å²) >= 11 is 0. The molecule has 3 heterocycles. The molecule has 7 heteroatoms. The van der Waals surface area contributed by atoms with Crippen molar-refractivity contribution in [2.24, 2.45) is 0 Å². The molecule has 3 N–H and O–H groups in total. The average Bonchev–Trinajstić information content (AvgIpc) is 3.04. The van der Waals surface area contributed by atoms with E-state index in [4.69, 9.17) is 5.73 Å². The number of anilines is 1. The summed E-state index contributed by atoms with van der Waals surface area (Å²) in [5, 5.41) is 7.17. The molecule has 4 rings (SSSR count). The highest BCUT2D eigenvalue weighted by Gasteiger charge is 2.16. The van der Waals surface area contributed by atoms with Crippen molar-refractivity contribution in [3.8, 4) is 11.3 Å². The van der Waals surface area contributed by atoms with Crippen molar-refractivity contribution >= 4 is 17.4 Å². The number of nitrogens with zero attached hydrogens (tertiary/aromatic N) is 4. The molecule has 1 aromatic carbocycles. The van der Waals surface area contributed by atoms with Gasteiger partial charge in [-0.3, -0.25) is 9.78 Å². The van der Waals surface area contributed by atoms with Gasteiger partial charge in [0.15, 0.2) is 11.5 Å². The second-order valence-corrected chi connectivity index (χ2v) is 6.08. The van der Waals surface area contributed by atoms with Crippen LogP contribution in [-0.2, 0) is 6.42 Å². The molecule has 0 saturated carbocycles. The van der Waals surface area contributed by atoms with E-state index in [-0.39, 0.29) is 5.91 Å². The van der Waals surface area contributed by atoms with Crippen LogP contribution < -0.4 is 11.1 Å². The highest BCUT2D eigenvalue weighted by molar-refractivity contribution is 5.94. The molecule has 0 spiro atoms. The molecule has 0 saturated heterocycles. The van der Waals surface area contributed by atoms with Gasteiger partial charge in [0.05, 0.1) is 16.8 Å². The van der Waals surface area contributed by atoms with Gasteiger partial charge in [0, 0.05) is 25.1 Å². The summed E-state index contributed by atoms with van der Waals surface area (Å²) in [6, 6.07) is 15.6. The predicted molar refractivity (Wildman–Crippen MR) is 103 cm³/mol. The summed E-state index contributed by atoms with van der Waals surface area (Å²) in [5.41, 5.74) is 9.55. The summed E-state index contributed by atoms with van der Waals surface area (Å²) < 4.78 is 1.52. The van der Waals surface area contributed by atoms with Crippen molar-refractivity contribution in [2.45, 2.75) is 6.42 Å². The summed E-state index contributed by atoms with van der Waals surface area (Å²) in [6.45, 7) is 0.543. The van der Waals surface area contributed by atoms with E-state index in [0.29, 0.717) is 34.8 Å². The molecule has 134 valence electrons. The number of hydrogen-bond donors (Lipinski definition) is 2. The van der Waals surface area contributed by atoms with Gasteiger partial charge in [-0.15, -0.1) is 5.10 Å². The highest BCUT2D eigenvalue weighted by atomic mass is 16.1. The average molecular weight is 358 g/mol. The fourth-order valence-electron chi connectivity index (χ4n) is 2.89. The SMILES string of the molecule is Nc1nn2cc(C(=O)NCCc3ccccc3)cnc2c1-c1ccccn1. The molecule has 0 aliphatic heterocycles. The number of nitrogens with one attached hydrogen (secondary N) is 1. The van der Waals surface area contributed by atoms with E-state index in [1.165, 1.54) is 16.3 Å². The van der Waals surface area contributed by atoms with Crippen LogP contribution in [0.15, 0.2) is 67.1 Å². The van der Waals surface area contributed by atoms with Gasteiger partial charge in [-0.1, -0.05) is 36.4 Å². The van der Waals surface area contributed by atoms with E-state index in [1.54, 1.807) is 12.4 Å². The molecule has 0 bridgehead atoms. The summed E-state index contributed by atoms with van der Waals surface area (Å²) in [6.07, 6.45) is 5.61. The molecule has 4 aromatic rings. The van der Waals surface area contributed by atoms with Crippen molar-refractivity contribution in [3.05, 3.63) is 78.2 Å². The van der Waals surface area contributed by atoms with Crippen molar-refractivity contribution in [3.63, 3.8) is 0 Å². The Morgan fingerprint density at radius 2 is 1.89 bits per heavy atom. The molecule has 3 aromatic heterocycles. The fraction of sp³-hybridized carbons (Fsp3) is 0.100. The van der Waals surface area contributed by atoms with E-state index in [9.17, 15) is 4.79 Å². The monoisotopic (exact) mass is 358 g/mol. The molecular formula is C20H18N6O. The Labute approximate surface area is 155 Å². The lowest BCUT2D eigenvalue weighted by molar-refractivity contribution is 0.0953. The van der Waals surface area contributed by atoms with Gasteiger partial charge >= 0.3 is 0 Å². The Hall–Kier alpha value is -3.74. The Morgan fingerprint density at radius 3 is 2.67 bits per heavy atom. The number of rotatable bonds is 5. The summed E-state index contributed by atoms with van der Waals surface area (Å²) in [7, 11) is 0. The maximum Gasteiger partial charge on any atom is 0.254 e. The molecule has 0 fully saturated rings. The number of carbonyl (C=O) groups excluding carboxylic acids is 1. The quantitative estimate of drug-likeness (QED) is 0.571. The number of carbonyl (C=O) groups is 1. The van der Waals surface area contributed by atoms with Gasteiger partial charge in [-0.25, -0.2) is 9.50 Å². The van der Waals surface area contributed by atoms with E-state index < -0.39 is 0 Å². The predicted octanol–water partition coefficient (Wildman–Crippen LogP) is 2.35. The van der Waals surface area contributed by atoms with Gasteiger partial charge in [0.2, 0.25) is 0 Å². The molecule has 1 amide bonds. The third-order valence-corrected chi connectivity index (χ3v) is 4.22. The van der Waals surface area contributed by atoms with E-state index >= 15 is 0 Å². The van der Waals surface area contributed by atoms with E-state index in [1.807, 2.05) is 48.5 Å². The number of nitrogens with two attached hydrogens (primary N) is 1. The Bertz CT molecular complexity index is 1080. The van der Waals surface area contributed by atoms with Crippen LogP contribution in [0.1, 0.15) is 15.9 Å². The molecular weight excluding hydrogens is 340 g/mol. The zero-order chi connectivity index (χ0) is 18.6. The number of fused-ring (bicyclic) bond motifs is 1. The Morgan fingerprint density at radius 1 is 1.07 bits per heavy atom. The maximum absolute atomic E-state index is 12.4. The lowest BCUT2D eigenvalue weighted by Gasteiger charge is -2.06. The number of nitrogen functional groups attached to an aromatic ring is 1. The van der Waals surface area contributed by atoms with Crippen molar-refractivity contribution in [1.29, 1.82) is 0 Å². The lowest BCUT2D eigenvalue weighted by Crippen LogP contribution is -2.26. The minimum atomic E-state index is -0.200. The van der Waals surface area contributed by atoms with Crippen molar-refractivity contribution < 1.29 is 4.79 Å². The minimum Gasteiger partial charge on any atom is -0.382 e. The fourth-order valence-corrected chi connectivity index (χ4v) is 2.89. The smallest absolute Gasteiger partial charge is 0.254 e. The van der Waals surface area contributed by atoms with Crippen LogP contribution in [0.3, 0.4) is 0 Å². The highest BCUT2D eigenvalue weighted by Crippen LogP contribution is 2.27. The van der Waals surface area contributed by atoms with Gasteiger partial charge in [-0.2, -0.15) is 0 Å². The second kappa shape index (κ2) is 7.25. The van der Waals surface area contributed by atoms with Crippen molar-refractivity contribution in [2.75, 3.05) is 12.3 Å². The molecule has 0 radical (unpaired) electrons. The van der Waals surface area contributed by atoms with Gasteiger partial charge in [-0.05, 0) is 24.1 Å². The zero-order valence-electron chi connectivity index (χ0n) is 14.5. The molecule has 0 unspecified atom stereocenters. The first-order valence-electron chi connectivity index (χ1n) is 8.60. The van der Waals surface area contributed by atoms with Crippen LogP contribution in [0.2, 0.25) is 0 Å². The van der Waals surface area contributed by atoms with Crippen LogP contribution in [0.4, 0.5) is 5.82 Å². The van der Waals surface area contributed by atoms with Crippen LogP contribution in [-0.4, -0.2) is 32.0 Å². The Balaban J connectivity index is 1.53. The van der Waals surface area contributed by atoms with Crippen LogP contribution in [0, 0.1) is 0 Å². The number of pyridine rings is 1. The summed E-state index contributed by atoms with van der Waals surface area (Å²) in [5.74, 6) is 0.122. The van der Waals surface area contributed by atoms with Crippen molar-refractivity contribution in [1.82, 2.24) is 24.9 Å². The first-order valence-corrected chi connectivity index (χ1v) is 8.60. The minimum absolute atomic E-state index is 0.200. The van der Waals surface area contributed by atoms with Crippen LogP contribution in [0.5, 0.6) is 0 Å². The second-order valence-electron chi connectivity index (χ2n) is 6.08. The van der Waals surface area contributed by atoms with Gasteiger partial charge in [0.25, 0.3) is 5.91 Å². The maximum atomic E-state index is 12.4. The van der Waals surface area contributed by atoms with E-state index in [0.717, 1.165) is 6.42 Å². The van der Waals surface area contributed by atoms with E-state index in [2.05, 4.69) is 20.4 Å². The normalized spacial score (nSPS) is 10.8. The van der Waals surface area contributed by atoms with Crippen LogP contribution >= 0.6 is 0 Å². The molecule has 27 heavy (non-hydrogen) atoms. The molecule has 0 aliphatic rings. The number of amides is 1. The van der Waals surface area contributed by atoms with Gasteiger partial charge in [0.1, 0.15) is 0 Å². The number of benzene rings is 1. The van der Waals surface area contributed by atoms with Gasteiger partial charge < -0.3 is 11.1 Å². The molecule has 0 atom stereocenters. The third kappa shape index (κ3) is 3.48. The Kier molecular flexibility index (Phi) is 4.49. The first-order chi connectivity index (χ1) is 13.2.